The molecule has 1 fully saturated rings. The van der Waals surface area contributed by atoms with Crippen molar-refractivity contribution in [1.82, 2.24) is 34.4 Å². The second-order valence-corrected chi connectivity index (χ2v) is 9.85. The maximum absolute atomic E-state index is 12.6. The third-order valence-corrected chi connectivity index (χ3v) is 6.27. The van der Waals surface area contributed by atoms with Crippen LogP contribution in [0.15, 0.2) is 35.4 Å². The summed E-state index contributed by atoms with van der Waals surface area (Å²) in [5, 5.41) is 2.76. The van der Waals surface area contributed by atoms with Gasteiger partial charge < -0.3 is 24.5 Å². The average Bonchev–Trinajstić information content (AvgIpc) is 3.32. The van der Waals surface area contributed by atoms with Crippen molar-refractivity contribution in [3.8, 4) is 0 Å². The Morgan fingerprint density at radius 3 is 2.69 bits per heavy atom. The van der Waals surface area contributed by atoms with E-state index in [1.165, 1.54) is 0 Å². The van der Waals surface area contributed by atoms with Crippen LogP contribution in [0.5, 0.6) is 0 Å². The van der Waals surface area contributed by atoms with Gasteiger partial charge in [0.1, 0.15) is 17.8 Å². The number of fused-ring (bicyclic) bond motifs is 2. The van der Waals surface area contributed by atoms with Crippen molar-refractivity contribution >= 4 is 34.1 Å². The van der Waals surface area contributed by atoms with Crippen molar-refractivity contribution in [2.45, 2.75) is 51.8 Å². The maximum Gasteiger partial charge on any atom is 0.408 e. The molecule has 184 valence electrons. The quantitative estimate of drug-likeness (QED) is 0.462. The Morgan fingerprint density at radius 1 is 1.20 bits per heavy atom. The van der Waals surface area contributed by atoms with E-state index in [0.717, 1.165) is 42.8 Å². The third-order valence-electron chi connectivity index (χ3n) is 6.27. The predicted octanol–water partition coefficient (Wildman–Crippen LogP) is 2.87. The number of alkyl carbamates (subject to hydrolysis) is 1. The van der Waals surface area contributed by atoms with Crippen LogP contribution in [-0.2, 0) is 18.3 Å². The van der Waals surface area contributed by atoms with Crippen LogP contribution in [0.2, 0.25) is 0 Å². The minimum Gasteiger partial charge on any atom is -0.444 e. The lowest BCUT2D eigenvalue weighted by molar-refractivity contribution is 0.0522. The molecule has 0 atom stereocenters. The molecule has 0 bridgehead atoms. The molecule has 2 N–H and O–H groups in total. The number of nitrogens with zero attached hydrogens (tertiary/aromatic N) is 6. The zero-order valence-corrected chi connectivity index (χ0v) is 20.4. The first-order valence-electron chi connectivity index (χ1n) is 11.8. The standard InChI is InChI=1S/C24H30N8O3/c1-24(2,3)35-23(34)25-13-18-29-19-20(30(18)4)26-14-27-21(19)31-11-9-15(10-12-31)32-17-8-6-5-7-16(17)28-22(32)33/h5-8,14-15H,9-13H2,1-4H3,(H,25,34)(H,28,33). The Hall–Kier alpha value is -3.89. The lowest BCUT2D eigenvalue weighted by Crippen LogP contribution is -2.37. The number of benzene rings is 1. The molecule has 1 saturated heterocycles. The number of hydrogen-bond donors (Lipinski definition) is 2. The number of carbonyl (C=O) groups excluding carboxylic acids is 1. The van der Waals surface area contributed by atoms with Gasteiger partial charge in [-0.3, -0.25) is 4.57 Å². The van der Waals surface area contributed by atoms with Gasteiger partial charge in [-0.05, 0) is 45.7 Å². The smallest absolute Gasteiger partial charge is 0.408 e. The SMILES string of the molecule is Cn1c(CNC(=O)OC(C)(C)C)nc2c(N3CCC(n4c(=O)[nH]c5ccccc54)CC3)ncnc21. The molecule has 0 spiro atoms. The van der Waals surface area contributed by atoms with Crippen LogP contribution in [0.1, 0.15) is 45.5 Å². The summed E-state index contributed by atoms with van der Waals surface area (Å²) in [7, 11) is 1.87. The van der Waals surface area contributed by atoms with Gasteiger partial charge in [0.05, 0.1) is 17.6 Å². The van der Waals surface area contributed by atoms with Crippen molar-refractivity contribution in [3.05, 3.63) is 46.9 Å². The molecular weight excluding hydrogens is 448 g/mol. The van der Waals surface area contributed by atoms with E-state index in [1.54, 1.807) is 6.33 Å². The van der Waals surface area contributed by atoms with E-state index in [9.17, 15) is 9.59 Å². The molecule has 1 aliphatic rings. The molecule has 11 nitrogen and oxygen atoms in total. The van der Waals surface area contributed by atoms with Crippen molar-refractivity contribution in [2.24, 2.45) is 7.05 Å². The molecule has 0 radical (unpaired) electrons. The number of aromatic nitrogens is 6. The second kappa shape index (κ2) is 8.71. The van der Waals surface area contributed by atoms with Gasteiger partial charge in [0.15, 0.2) is 17.0 Å². The first-order chi connectivity index (χ1) is 16.7. The highest BCUT2D eigenvalue weighted by atomic mass is 16.6. The summed E-state index contributed by atoms with van der Waals surface area (Å²) in [6, 6.07) is 7.90. The molecule has 1 aromatic carbocycles. The summed E-state index contributed by atoms with van der Waals surface area (Å²) < 4.78 is 9.05. The van der Waals surface area contributed by atoms with E-state index in [2.05, 4.69) is 25.2 Å². The molecule has 1 aliphatic heterocycles. The minimum absolute atomic E-state index is 0.0686. The molecule has 1 amide bonds. The van der Waals surface area contributed by atoms with Gasteiger partial charge >= 0.3 is 11.8 Å². The summed E-state index contributed by atoms with van der Waals surface area (Å²) >= 11 is 0. The molecule has 0 saturated carbocycles. The van der Waals surface area contributed by atoms with Crippen LogP contribution in [0.4, 0.5) is 10.6 Å². The molecule has 4 aromatic rings. The zero-order chi connectivity index (χ0) is 24.7. The molecule has 0 unspecified atom stereocenters. The average molecular weight is 479 g/mol. The topological polar surface area (TPSA) is 123 Å². The van der Waals surface area contributed by atoms with E-state index in [1.807, 2.05) is 61.2 Å². The van der Waals surface area contributed by atoms with Gasteiger partial charge in [-0.25, -0.2) is 24.5 Å². The molecule has 0 aliphatic carbocycles. The highest BCUT2D eigenvalue weighted by Crippen LogP contribution is 2.30. The number of aromatic amines is 1. The number of ether oxygens (including phenoxy) is 1. The fourth-order valence-electron chi connectivity index (χ4n) is 4.66. The van der Waals surface area contributed by atoms with Crippen LogP contribution < -0.4 is 15.9 Å². The number of nitrogens with one attached hydrogen (secondary N) is 2. The number of anilines is 1. The van der Waals surface area contributed by atoms with Gasteiger partial charge in [-0.1, -0.05) is 12.1 Å². The molecule has 3 aromatic heterocycles. The number of imidazole rings is 2. The highest BCUT2D eigenvalue weighted by molar-refractivity contribution is 5.84. The van der Waals surface area contributed by atoms with E-state index in [-0.39, 0.29) is 18.3 Å². The van der Waals surface area contributed by atoms with Crippen molar-refractivity contribution < 1.29 is 9.53 Å². The van der Waals surface area contributed by atoms with Crippen LogP contribution in [0.3, 0.4) is 0 Å². The molecular formula is C24H30N8O3. The van der Waals surface area contributed by atoms with Crippen molar-refractivity contribution in [3.63, 3.8) is 0 Å². The van der Waals surface area contributed by atoms with Crippen LogP contribution in [0, 0.1) is 0 Å². The largest absolute Gasteiger partial charge is 0.444 e. The number of amides is 1. The summed E-state index contributed by atoms with van der Waals surface area (Å²) in [6.07, 6.45) is 2.67. The number of rotatable bonds is 4. The van der Waals surface area contributed by atoms with E-state index in [0.29, 0.717) is 17.0 Å². The summed E-state index contributed by atoms with van der Waals surface area (Å²) in [5.41, 5.74) is 2.55. The Labute approximate surface area is 202 Å². The Bertz CT molecular complexity index is 1440. The van der Waals surface area contributed by atoms with Crippen molar-refractivity contribution in [2.75, 3.05) is 18.0 Å². The van der Waals surface area contributed by atoms with E-state index >= 15 is 0 Å². The van der Waals surface area contributed by atoms with Crippen LogP contribution in [-0.4, -0.2) is 53.9 Å². The monoisotopic (exact) mass is 478 g/mol. The van der Waals surface area contributed by atoms with Gasteiger partial charge in [-0.2, -0.15) is 0 Å². The first kappa shape index (κ1) is 22.9. The second-order valence-electron chi connectivity index (χ2n) is 9.85. The lowest BCUT2D eigenvalue weighted by atomic mass is 10.0. The third kappa shape index (κ3) is 4.45. The normalized spacial score (nSPS) is 15.1. The first-order valence-corrected chi connectivity index (χ1v) is 11.8. The predicted molar refractivity (Wildman–Crippen MR) is 132 cm³/mol. The van der Waals surface area contributed by atoms with Crippen LogP contribution in [0.25, 0.3) is 22.2 Å². The fourth-order valence-corrected chi connectivity index (χ4v) is 4.66. The fraction of sp³-hybridized carbons (Fsp3) is 0.458. The molecule has 11 heteroatoms. The van der Waals surface area contributed by atoms with Gasteiger partial charge in [0.25, 0.3) is 0 Å². The van der Waals surface area contributed by atoms with Gasteiger partial charge in [0, 0.05) is 26.2 Å². The molecule has 35 heavy (non-hydrogen) atoms. The number of carbonyl (C=O) groups is 1. The van der Waals surface area contributed by atoms with Gasteiger partial charge in [-0.15, -0.1) is 0 Å². The lowest BCUT2D eigenvalue weighted by Gasteiger charge is -2.33. The Morgan fingerprint density at radius 2 is 1.94 bits per heavy atom. The highest BCUT2D eigenvalue weighted by Gasteiger charge is 2.27. The number of para-hydroxylation sites is 2. The van der Waals surface area contributed by atoms with Gasteiger partial charge in [0.2, 0.25) is 0 Å². The van der Waals surface area contributed by atoms with E-state index in [4.69, 9.17) is 9.72 Å². The number of hydrogen-bond acceptors (Lipinski definition) is 7. The number of aryl methyl sites for hydroxylation is 1. The Kier molecular flexibility index (Phi) is 5.70. The minimum atomic E-state index is -0.570. The Balaban J connectivity index is 1.33. The van der Waals surface area contributed by atoms with Crippen molar-refractivity contribution in [1.29, 1.82) is 0 Å². The summed E-state index contributed by atoms with van der Waals surface area (Å²) in [6.45, 7) is 7.16. The molecule has 5 rings (SSSR count). The summed E-state index contributed by atoms with van der Waals surface area (Å²) in [5.74, 6) is 1.42. The zero-order valence-electron chi connectivity index (χ0n) is 20.4. The summed E-state index contributed by atoms with van der Waals surface area (Å²) in [4.78, 5) is 43.5. The number of piperidine rings is 1. The maximum atomic E-state index is 12.6. The molecule has 4 heterocycles. The van der Waals surface area contributed by atoms with E-state index < -0.39 is 11.7 Å². The van der Waals surface area contributed by atoms with Crippen LogP contribution >= 0.6 is 0 Å². The number of H-pyrrole nitrogens is 1.